The van der Waals surface area contributed by atoms with Gasteiger partial charge in [-0.3, -0.25) is 0 Å². The number of fused-ring (bicyclic) bond motifs is 1. The number of anilines is 1. The van der Waals surface area contributed by atoms with Gasteiger partial charge in [0, 0.05) is 17.9 Å². The Morgan fingerprint density at radius 1 is 1.16 bits per heavy atom. The number of halogens is 3. The van der Waals surface area contributed by atoms with Crippen LogP contribution in [-0.4, -0.2) is 19.5 Å². The molecule has 0 fully saturated rings. The van der Waals surface area contributed by atoms with Crippen molar-refractivity contribution < 1.29 is 0 Å². The Balaban J connectivity index is 1.94. The van der Waals surface area contributed by atoms with Gasteiger partial charge in [-0.2, -0.15) is 0 Å². The van der Waals surface area contributed by atoms with E-state index >= 15 is 0 Å². The van der Waals surface area contributed by atoms with Gasteiger partial charge in [-0.25, -0.2) is 15.0 Å². The third-order valence-electron chi connectivity index (χ3n) is 3.37. The van der Waals surface area contributed by atoms with E-state index in [-0.39, 0.29) is 0 Å². The molecule has 1 aromatic rings. The molecule has 0 spiro atoms. The molecule has 0 saturated heterocycles. The zero-order chi connectivity index (χ0) is 18.0. The van der Waals surface area contributed by atoms with Crippen LogP contribution in [0.4, 0.5) is 5.82 Å². The third kappa shape index (κ3) is 3.96. The number of rotatable bonds is 5. The van der Waals surface area contributed by atoms with E-state index in [2.05, 4.69) is 20.9 Å². The van der Waals surface area contributed by atoms with Gasteiger partial charge < -0.3 is 10.3 Å². The largest absolute Gasteiger partial charge is 0.382 e. The summed E-state index contributed by atoms with van der Waals surface area (Å²) in [6.07, 6.45) is 8.43. The Kier molecular flexibility index (Phi) is 5.60. The van der Waals surface area contributed by atoms with Crippen LogP contribution in [0.25, 0.3) is 11.5 Å². The first-order chi connectivity index (χ1) is 12.0. The molecule has 0 aromatic heterocycles. The Morgan fingerprint density at radius 3 is 2.68 bits per heavy atom. The number of imidazole rings is 1. The summed E-state index contributed by atoms with van der Waals surface area (Å²) in [5.41, 5.74) is 6.47. The Morgan fingerprint density at radius 2 is 1.92 bits per heavy atom. The molecule has 2 N–H and O–H groups in total. The lowest BCUT2D eigenvalue weighted by atomic mass is 10.3. The quantitative estimate of drug-likeness (QED) is 0.367. The molecule has 3 rings (SSSR count). The van der Waals surface area contributed by atoms with Gasteiger partial charge in [0.05, 0.1) is 21.4 Å². The minimum atomic E-state index is 0.322. The fourth-order valence-electron chi connectivity index (χ4n) is 2.18. The lowest BCUT2D eigenvalue weighted by Crippen LogP contribution is -2.08. The second-order valence-corrected chi connectivity index (χ2v) is 7.34. The number of aromatic nitrogens is 4. The van der Waals surface area contributed by atoms with Gasteiger partial charge in [0.25, 0.3) is 0 Å². The minimum Gasteiger partial charge on any atom is -0.382 e. The molecule has 2 heterocycles. The highest BCUT2D eigenvalue weighted by atomic mass is 35.5. The predicted octanol–water partition coefficient (Wildman–Crippen LogP) is 4.88. The van der Waals surface area contributed by atoms with Crippen LogP contribution in [0.1, 0.15) is 12.8 Å². The van der Waals surface area contributed by atoms with E-state index < -0.39 is 0 Å². The number of aryl methyl sites for hydroxylation is 1. The van der Waals surface area contributed by atoms with E-state index in [1.165, 1.54) is 11.8 Å². The molecular formula is C16H12Cl3N5S. The SMILES string of the molecule is C#CCCCn1cnc(N)c2nc(Sc3cc(Cl)c(Cl)cc3Cl)nc1-2. The predicted molar refractivity (Wildman–Crippen MR) is 103 cm³/mol. The molecule has 0 amide bonds. The number of nitrogens with zero attached hydrogens (tertiary/aromatic N) is 4. The van der Waals surface area contributed by atoms with Gasteiger partial charge in [0.2, 0.25) is 0 Å². The smallest absolute Gasteiger partial charge is 0.195 e. The molecule has 2 aliphatic rings. The summed E-state index contributed by atoms with van der Waals surface area (Å²) in [6, 6.07) is 3.27. The van der Waals surface area contributed by atoms with Crippen LogP contribution in [0.2, 0.25) is 15.1 Å². The standard InChI is InChI=1S/C16H12Cl3N5S/c1-2-3-4-5-24-8-21-14(20)13-15(24)23-16(22-13)25-12-7-10(18)9(17)6-11(12)19/h1,6-8H,3-5,20H2. The molecule has 0 aliphatic carbocycles. The van der Waals surface area contributed by atoms with Crippen molar-refractivity contribution in [3.63, 3.8) is 0 Å². The van der Waals surface area contributed by atoms with Crippen molar-refractivity contribution in [2.75, 3.05) is 5.73 Å². The van der Waals surface area contributed by atoms with Gasteiger partial charge in [-0.1, -0.05) is 34.8 Å². The summed E-state index contributed by atoms with van der Waals surface area (Å²) in [6.45, 7) is 0.685. The van der Waals surface area contributed by atoms with Crippen molar-refractivity contribution in [3.05, 3.63) is 33.5 Å². The maximum Gasteiger partial charge on any atom is 0.195 e. The number of unbranched alkanes of at least 4 members (excludes halogenated alkanes) is 1. The van der Waals surface area contributed by atoms with Crippen LogP contribution in [0.15, 0.2) is 28.5 Å². The fourth-order valence-corrected chi connectivity index (χ4v) is 3.70. The van der Waals surface area contributed by atoms with Crippen molar-refractivity contribution in [3.8, 4) is 23.9 Å². The molecule has 9 heteroatoms. The number of hydrogen-bond donors (Lipinski definition) is 1. The Hall–Kier alpha value is -1.65. The summed E-state index contributed by atoms with van der Waals surface area (Å²) in [4.78, 5) is 13.9. The van der Waals surface area contributed by atoms with E-state index in [9.17, 15) is 0 Å². The fraction of sp³-hybridized carbons (Fsp3) is 0.188. The molecule has 0 unspecified atom stereocenters. The monoisotopic (exact) mass is 411 g/mol. The maximum atomic E-state index is 6.22. The first kappa shape index (κ1) is 18.2. The topological polar surface area (TPSA) is 69.6 Å². The number of benzene rings is 1. The number of terminal acetylenes is 1. The highest BCUT2D eigenvalue weighted by Gasteiger charge is 2.20. The van der Waals surface area contributed by atoms with Crippen LogP contribution in [0.3, 0.4) is 0 Å². The summed E-state index contributed by atoms with van der Waals surface area (Å²) < 4.78 is 1.89. The van der Waals surface area contributed by atoms with Gasteiger partial charge in [0.15, 0.2) is 22.5 Å². The van der Waals surface area contributed by atoms with E-state index in [0.29, 0.717) is 55.4 Å². The Bertz CT molecular complexity index is 934. The second-order valence-electron chi connectivity index (χ2n) is 5.11. The van der Waals surface area contributed by atoms with E-state index in [0.717, 1.165) is 6.42 Å². The second kappa shape index (κ2) is 7.71. The molecule has 0 saturated carbocycles. The van der Waals surface area contributed by atoms with Gasteiger partial charge >= 0.3 is 0 Å². The summed E-state index contributed by atoms with van der Waals surface area (Å²) in [5.74, 6) is 3.59. The van der Waals surface area contributed by atoms with Crippen LogP contribution < -0.4 is 5.73 Å². The summed E-state index contributed by atoms with van der Waals surface area (Å²) in [7, 11) is 0. The van der Waals surface area contributed by atoms with Crippen molar-refractivity contribution in [1.82, 2.24) is 19.5 Å². The summed E-state index contributed by atoms with van der Waals surface area (Å²) >= 11 is 19.5. The van der Waals surface area contributed by atoms with Crippen LogP contribution >= 0.6 is 46.6 Å². The lowest BCUT2D eigenvalue weighted by molar-refractivity contribution is 0.638. The molecular weight excluding hydrogens is 401 g/mol. The summed E-state index contributed by atoms with van der Waals surface area (Å²) in [5, 5.41) is 1.78. The molecule has 0 radical (unpaired) electrons. The normalized spacial score (nSPS) is 11.0. The van der Waals surface area contributed by atoms with E-state index in [1.807, 2.05) is 4.57 Å². The molecule has 0 bridgehead atoms. The average Bonchev–Trinajstić information content (AvgIpc) is 3.00. The highest BCUT2D eigenvalue weighted by molar-refractivity contribution is 7.99. The van der Waals surface area contributed by atoms with Crippen molar-refractivity contribution >= 4 is 52.4 Å². The minimum absolute atomic E-state index is 0.322. The third-order valence-corrected chi connectivity index (χ3v) is 5.44. The Labute approximate surface area is 164 Å². The zero-order valence-corrected chi connectivity index (χ0v) is 15.9. The number of nitrogens with two attached hydrogens (primary N) is 1. The molecule has 25 heavy (non-hydrogen) atoms. The number of nitrogen functional groups attached to an aromatic ring is 1. The van der Waals surface area contributed by atoms with E-state index in [4.69, 9.17) is 47.0 Å². The van der Waals surface area contributed by atoms with Crippen molar-refractivity contribution in [1.29, 1.82) is 0 Å². The molecule has 2 aliphatic heterocycles. The maximum absolute atomic E-state index is 6.22. The highest BCUT2D eigenvalue weighted by Crippen LogP contribution is 2.38. The first-order valence-electron chi connectivity index (χ1n) is 7.24. The first-order valence-corrected chi connectivity index (χ1v) is 9.19. The van der Waals surface area contributed by atoms with Crippen LogP contribution in [0.5, 0.6) is 0 Å². The van der Waals surface area contributed by atoms with Crippen molar-refractivity contribution in [2.45, 2.75) is 29.4 Å². The number of hydrogen-bond acceptors (Lipinski definition) is 5. The van der Waals surface area contributed by atoms with Gasteiger partial charge in [-0.15, -0.1) is 12.3 Å². The lowest BCUT2D eigenvalue weighted by Gasteiger charge is -2.09. The van der Waals surface area contributed by atoms with Crippen LogP contribution in [0, 0.1) is 12.3 Å². The molecule has 128 valence electrons. The molecule has 0 atom stereocenters. The van der Waals surface area contributed by atoms with Crippen LogP contribution in [-0.2, 0) is 6.54 Å². The molecule has 1 aromatic carbocycles. The average molecular weight is 413 g/mol. The van der Waals surface area contributed by atoms with Gasteiger partial charge in [-0.05, 0) is 30.3 Å². The zero-order valence-electron chi connectivity index (χ0n) is 12.8. The van der Waals surface area contributed by atoms with Crippen molar-refractivity contribution in [2.24, 2.45) is 0 Å². The van der Waals surface area contributed by atoms with Gasteiger partial charge in [0.1, 0.15) is 0 Å². The van der Waals surface area contributed by atoms with E-state index in [1.54, 1.807) is 18.5 Å². The molecule has 5 nitrogen and oxygen atoms in total.